The summed E-state index contributed by atoms with van der Waals surface area (Å²) in [6.07, 6.45) is 1.37. The standard InChI is InChI=1S/C18H14N2O4/c21-18(22)13-10-19-14-4-2-1-3-12(14)17(13)20-11-5-6-15-16(9-11)24-8-7-23-15/h1-6,9-10H,7-8H2,(H,19,20)(H,21,22). The lowest BCUT2D eigenvalue weighted by atomic mass is 10.1. The number of nitrogens with zero attached hydrogens (tertiary/aromatic N) is 1. The highest BCUT2D eigenvalue weighted by atomic mass is 16.6. The van der Waals surface area contributed by atoms with E-state index in [1.54, 1.807) is 12.1 Å². The second-order valence-corrected chi connectivity index (χ2v) is 5.35. The maximum atomic E-state index is 11.6. The number of benzene rings is 2. The summed E-state index contributed by atoms with van der Waals surface area (Å²) in [7, 11) is 0. The van der Waals surface area contributed by atoms with Gasteiger partial charge in [-0.25, -0.2) is 4.79 Å². The molecule has 0 spiro atoms. The van der Waals surface area contributed by atoms with Crippen molar-refractivity contribution in [1.82, 2.24) is 4.98 Å². The Labute approximate surface area is 137 Å². The molecule has 0 unspecified atom stereocenters. The van der Waals surface area contributed by atoms with Gasteiger partial charge in [-0.1, -0.05) is 18.2 Å². The van der Waals surface area contributed by atoms with Gasteiger partial charge in [0.25, 0.3) is 0 Å². The fourth-order valence-corrected chi connectivity index (χ4v) is 2.70. The van der Waals surface area contributed by atoms with Crippen molar-refractivity contribution in [2.45, 2.75) is 0 Å². The van der Waals surface area contributed by atoms with Gasteiger partial charge in [0.15, 0.2) is 11.5 Å². The van der Waals surface area contributed by atoms with Crippen molar-refractivity contribution in [2.75, 3.05) is 18.5 Å². The third kappa shape index (κ3) is 2.48. The lowest BCUT2D eigenvalue weighted by molar-refractivity contribution is 0.0697. The normalized spacial score (nSPS) is 12.8. The van der Waals surface area contributed by atoms with E-state index in [2.05, 4.69) is 10.3 Å². The minimum absolute atomic E-state index is 0.114. The lowest BCUT2D eigenvalue weighted by Crippen LogP contribution is -2.15. The number of fused-ring (bicyclic) bond motifs is 2. The topological polar surface area (TPSA) is 80.7 Å². The Morgan fingerprint density at radius 1 is 1.08 bits per heavy atom. The van der Waals surface area contributed by atoms with E-state index < -0.39 is 5.97 Å². The molecule has 4 rings (SSSR count). The molecule has 3 aromatic rings. The molecule has 0 amide bonds. The van der Waals surface area contributed by atoms with Gasteiger partial charge in [0.2, 0.25) is 0 Å². The van der Waals surface area contributed by atoms with E-state index in [0.29, 0.717) is 30.4 Å². The average Bonchev–Trinajstić information content (AvgIpc) is 2.61. The van der Waals surface area contributed by atoms with E-state index in [1.165, 1.54) is 6.20 Å². The van der Waals surface area contributed by atoms with Crippen molar-refractivity contribution in [2.24, 2.45) is 0 Å². The summed E-state index contributed by atoms with van der Waals surface area (Å²) in [6, 6.07) is 12.8. The zero-order valence-corrected chi connectivity index (χ0v) is 12.7. The molecule has 1 aromatic heterocycles. The molecular weight excluding hydrogens is 308 g/mol. The molecule has 0 atom stereocenters. The number of nitrogens with one attached hydrogen (secondary N) is 1. The molecule has 0 radical (unpaired) electrons. The largest absolute Gasteiger partial charge is 0.486 e. The predicted molar refractivity (Wildman–Crippen MR) is 89.4 cm³/mol. The van der Waals surface area contributed by atoms with Gasteiger partial charge < -0.3 is 19.9 Å². The van der Waals surface area contributed by atoms with Gasteiger partial charge in [-0.05, 0) is 18.2 Å². The molecule has 6 nitrogen and oxygen atoms in total. The number of hydrogen-bond donors (Lipinski definition) is 2. The van der Waals surface area contributed by atoms with E-state index in [4.69, 9.17) is 9.47 Å². The summed E-state index contributed by atoms with van der Waals surface area (Å²) in [5, 5.41) is 13.4. The number of hydrogen-bond acceptors (Lipinski definition) is 5. The van der Waals surface area contributed by atoms with Gasteiger partial charge in [-0.3, -0.25) is 4.98 Å². The fraction of sp³-hybridized carbons (Fsp3) is 0.111. The minimum Gasteiger partial charge on any atom is -0.486 e. The Morgan fingerprint density at radius 3 is 2.71 bits per heavy atom. The molecule has 0 saturated carbocycles. The molecule has 2 aromatic carbocycles. The van der Waals surface area contributed by atoms with Crippen LogP contribution in [0.25, 0.3) is 10.9 Å². The van der Waals surface area contributed by atoms with Crippen molar-refractivity contribution in [3.63, 3.8) is 0 Å². The predicted octanol–water partition coefficient (Wildman–Crippen LogP) is 3.45. The van der Waals surface area contributed by atoms with Crippen molar-refractivity contribution >= 4 is 28.2 Å². The van der Waals surface area contributed by atoms with Gasteiger partial charge in [-0.2, -0.15) is 0 Å². The maximum absolute atomic E-state index is 11.6. The SMILES string of the molecule is O=C(O)c1cnc2ccccc2c1Nc1ccc2c(c1)OCCO2. The first-order valence-corrected chi connectivity index (χ1v) is 7.50. The maximum Gasteiger partial charge on any atom is 0.339 e. The summed E-state index contributed by atoms with van der Waals surface area (Å²) in [4.78, 5) is 15.8. The summed E-state index contributed by atoms with van der Waals surface area (Å²) < 4.78 is 11.1. The van der Waals surface area contributed by atoms with E-state index in [-0.39, 0.29) is 5.56 Å². The van der Waals surface area contributed by atoms with Gasteiger partial charge >= 0.3 is 5.97 Å². The van der Waals surface area contributed by atoms with E-state index in [1.807, 2.05) is 30.3 Å². The third-order valence-electron chi connectivity index (χ3n) is 3.82. The number of para-hydroxylation sites is 1. The zero-order valence-electron chi connectivity index (χ0n) is 12.7. The molecule has 0 saturated heterocycles. The van der Waals surface area contributed by atoms with Gasteiger partial charge in [-0.15, -0.1) is 0 Å². The molecule has 0 aliphatic carbocycles. The first-order valence-electron chi connectivity index (χ1n) is 7.50. The Kier molecular flexibility index (Phi) is 3.42. The Bertz CT molecular complexity index is 939. The Hall–Kier alpha value is -3.28. The number of aromatic nitrogens is 1. The zero-order chi connectivity index (χ0) is 16.5. The molecule has 2 N–H and O–H groups in total. The first-order chi connectivity index (χ1) is 11.7. The van der Waals surface area contributed by atoms with Crippen molar-refractivity contribution in [1.29, 1.82) is 0 Å². The van der Waals surface area contributed by atoms with Crippen molar-refractivity contribution in [3.05, 3.63) is 54.2 Å². The Balaban J connectivity index is 1.81. The summed E-state index contributed by atoms with van der Waals surface area (Å²) >= 11 is 0. The number of pyridine rings is 1. The highest BCUT2D eigenvalue weighted by Crippen LogP contribution is 2.35. The number of rotatable bonds is 3. The monoisotopic (exact) mass is 322 g/mol. The van der Waals surface area contributed by atoms with Crippen LogP contribution in [0.1, 0.15) is 10.4 Å². The molecular formula is C18H14N2O4. The molecule has 120 valence electrons. The van der Waals surface area contributed by atoms with Crippen LogP contribution in [0.15, 0.2) is 48.7 Å². The van der Waals surface area contributed by atoms with Crippen LogP contribution in [0.5, 0.6) is 11.5 Å². The highest BCUT2D eigenvalue weighted by molar-refractivity contribution is 6.05. The molecule has 0 fully saturated rings. The van der Waals surface area contributed by atoms with Crippen LogP contribution >= 0.6 is 0 Å². The molecule has 1 aliphatic rings. The number of aromatic carboxylic acids is 1. The van der Waals surface area contributed by atoms with Crippen LogP contribution < -0.4 is 14.8 Å². The molecule has 2 heterocycles. The quantitative estimate of drug-likeness (QED) is 0.769. The summed E-state index contributed by atoms with van der Waals surface area (Å²) in [5.74, 6) is 0.291. The van der Waals surface area contributed by atoms with Crippen molar-refractivity contribution in [3.8, 4) is 11.5 Å². The number of carboxylic acid groups (broad SMARTS) is 1. The van der Waals surface area contributed by atoms with Crippen LogP contribution in [0.4, 0.5) is 11.4 Å². The average molecular weight is 322 g/mol. The molecule has 0 bridgehead atoms. The van der Waals surface area contributed by atoms with E-state index in [0.717, 1.165) is 16.6 Å². The summed E-state index contributed by atoms with van der Waals surface area (Å²) in [6.45, 7) is 1.02. The molecule has 1 aliphatic heterocycles. The van der Waals surface area contributed by atoms with Crippen molar-refractivity contribution < 1.29 is 19.4 Å². The van der Waals surface area contributed by atoms with Crippen LogP contribution in [0, 0.1) is 0 Å². The van der Waals surface area contributed by atoms with Gasteiger partial charge in [0.1, 0.15) is 18.8 Å². The number of carbonyl (C=O) groups is 1. The van der Waals surface area contributed by atoms with Gasteiger partial charge in [0.05, 0.1) is 11.2 Å². The molecule has 24 heavy (non-hydrogen) atoms. The number of anilines is 2. The first kappa shape index (κ1) is 14.3. The highest BCUT2D eigenvalue weighted by Gasteiger charge is 2.16. The van der Waals surface area contributed by atoms with Crippen LogP contribution in [0.2, 0.25) is 0 Å². The summed E-state index contributed by atoms with van der Waals surface area (Å²) in [5.41, 5.74) is 2.06. The third-order valence-corrected chi connectivity index (χ3v) is 3.82. The van der Waals surface area contributed by atoms with Crippen LogP contribution in [-0.4, -0.2) is 29.3 Å². The minimum atomic E-state index is -1.03. The second-order valence-electron chi connectivity index (χ2n) is 5.35. The fourth-order valence-electron chi connectivity index (χ4n) is 2.70. The van der Waals surface area contributed by atoms with E-state index in [9.17, 15) is 9.90 Å². The smallest absolute Gasteiger partial charge is 0.339 e. The Morgan fingerprint density at radius 2 is 1.88 bits per heavy atom. The lowest BCUT2D eigenvalue weighted by Gasteiger charge is -2.19. The van der Waals surface area contributed by atoms with Crippen LogP contribution in [-0.2, 0) is 0 Å². The number of carboxylic acids is 1. The van der Waals surface area contributed by atoms with Crippen LogP contribution in [0.3, 0.4) is 0 Å². The number of ether oxygens (including phenoxy) is 2. The molecule has 6 heteroatoms. The van der Waals surface area contributed by atoms with Gasteiger partial charge in [0, 0.05) is 23.3 Å². The van der Waals surface area contributed by atoms with E-state index >= 15 is 0 Å². The second kappa shape index (κ2) is 5.73.